The second-order valence-corrected chi connectivity index (χ2v) is 5.67. The molecule has 10 heteroatoms. The molecule has 0 radical (unpaired) electrons. The van der Waals surface area contributed by atoms with Crippen molar-refractivity contribution in [1.82, 2.24) is 20.0 Å². The van der Waals surface area contributed by atoms with Crippen LogP contribution in [0.3, 0.4) is 0 Å². The molecule has 0 aliphatic carbocycles. The summed E-state index contributed by atoms with van der Waals surface area (Å²) in [5, 5.41) is 23.8. The number of rotatable bonds is 5. The van der Waals surface area contributed by atoms with Crippen molar-refractivity contribution < 1.29 is 14.1 Å². The predicted octanol–water partition coefficient (Wildman–Crippen LogP) is 2.57. The van der Waals surface area contributed by atoms with Gasteiger partial charge >= 0.3 is 5.69 Å². The van der Waals surface area contributed by atoms with Crippen LogP contribution < -0.4 is 5.32 Å². The summed E-state index contributed by atoms with van der Waals surface area (Å²) in [5.74, 6) is -1.03. The molecule has 3 rings (SSSR count). The molecule has 0 spiro atoms. The number of carbonyl (C=O) groups is 1. The van der Waals surface area contributed by atoms with Gasteiger partial charge < -0.3 is 5.32 Å². The number of amides is 1. The maximum absolute atomic E-state index is 13.3. The fourth-order valence-corrected chi connectivity index (χ4v) is 2.60. The lowest BCUT2D eigenvalue weighted by Crippen LogP contribution is -2.15. The number of benzene rings is 1. The van der Waals surface area contributed by atoms with Gasteiger partial charge in [-0.05, 0) is 31.5 Å². The van der Waals surface area contributed by atoms with Gasteiger partial charge in [0.05, 0.1) is 28.5 Å². The van der Waals surface area contributed by atoms with E-state index < -0.39 is 16.5 Å². The Morgan fingerprint density at radius 2 is 2.19 bits per heavy atom. The fourth-order valence-electron chi connectivity index (χ4n) is 2.60. The zero-order valence-electron chi connectivity index (χ0n) is 14.0. The van der Waals surface area contributed by atoms with Crippen LogP contribution in [0.4, 0.5) is 15.8 Å². The Morgan fingerprint density at radius 1 is 1.42 bits per heavy atom. The zero-order chi connectivity index (χ0) is 18.8. The summed E-state index contributed by atoms with van der Waals surface area (Å²) in [5.41, 5.74) is 1.68. The number of halogens is 1. The molecule has 0 saturated carbocycles. The van der Waals surface area contributed by atoms with E-state index in [9.17, 15) is 19.3 Å². The molecule has 0 bridgehead atoms. The number of hydrogen-bond donors (Lipinski definition) is 2. The highest BCUT2D eigenvalue weighted by Crippen LogP contribution is 2.23. The van der Waals surface area contributed by atoms with E-state index in [4.69, 9.17) is 0 Å². The molecule has 26 heavy (non-hydrogen) atoms. The van der Waals surface area contributed by atoms with Gasteiger partial charge in [-0.1, -0.05) is 12.1 Å². The standard InChI is InChI=1S/C16H15FN6O3/c1-9-14(19-16(24)15-13(23(25)26)7-18-20-15)10(2)22(21-9)8-11-4-3-5-12(17)6-11/h3-7H,8H2,1-2H3,(H,18,20)(H,19,24). The molecule has 0 saturated heterocycles. The van der Waals surface area contributed by atoms with E-state index in [1.54, 1.807) is 30.7 Å². The molecule has 2 heterocycles. The van der Waals surface area contributed by atoms with E-state index in [2.05, 4.69) is 20.6 Å². The summed E-state index contributed by atoms with van der Waals surface area (Å²) < 4.78 is 15.0. The quantitative estimate of drug-likeness (QED) is 0.537. The van der Waals surface area contributed by atoms with Gasteiger partial charge in [0.1, 0.15) is 12.0 Å². The van der Waals surface area contributed by atoms with Crippen molar-refractivity contribution in [2.75, 3.05) is 5.32 Å². The van der Waals surface area contributed by atoms with E-state index in [1.165, 1.54) is 12.1 Å². The van der Waals surface area contributed by atoms with E-state index in [0.717, 1.165) is 11.8 Å². The smallest absolute Gasteiger partial charge is 0.317 e. The van der Waals surface area contributed by atoms with Crippen LogP contribution >= 0.6 is 0 Å². The molecule has 134 valence electrons. The lowest BCUT2D eigenvalue weighted by Gasteiger charge is -2.07. The molecule has 2 aromatic heterocycles. The maximum atomic E-state index is 13.3. The first kappa shape index (κ1) is 17.3. The Morgan fingerprint density at radius 3 is 2.88 bits per heavy atom. The molecule has 0 atom stereocenters. The molecule has 9 nitrogen and oxygen atoms in total. The van der Waals surface area contributed by atoms with Crippen molar-refractivity contribution >= 4 is 17.3 Å². The van der Waals surface area contributed by atoms with Gasteiger partial charge in [-0.25, -0.2) is 4.39 Å². The van der Waals surface area contributed by atoms with E-state index >= 15 is 0 Å². The summed E-state index contributed by atoms with van der Waals surface area (Å²) in [6.07, 6.45) is 0.974. The Bertz CT molecular complexity index is 994. The Kier molecular flexibility index (Phi) is 4.48. The van der Waals surface area contributed by atoms with Crippen LogP contribution in [0, 0.1) is 29.8 Å². The zero-order valence-corrected chi connectivity index (χ0v) is 14.0. The minimum absolute atomic E-state index is 0.244. The summed E-state index contributed by atoms with van der Waals surface area (Å²) >= 11 is 0. The molecule has 0 unspecified atom stereocenters. The normalized spacial score (nSPS) is 10.7. The molecule has 0 aliphatic rings. The third-order valence-corrected chi connectivity index (χ3v) is 3.88. The molecular formula is C16H15FN6O3. The number of aromatic amines is 1. The molecule has 0 fully saturated rings. The van der Waals surface area contributed by atoms with Gasteiger partial charge in [-0.2, -0.15) is 10.2 Å². The van der Waals surface area contributed by atoms with Gasteiger partial charge in [-0.3, -0.25) is 24.7 Å². The topological polar surface area (TPSA) is 119 Å². The van der Waals surface area contributed by atoms with Gasteiger partial charge in [0.2, 0.25) is 5.69 Å². The first-order valence-corrected chi connectivity index (χ1v) is 7.64. The second-order valence-electron chi connectivity index (χ2n) is 5.67. The lowest BCUT2D eigenvalue weighted by molar-refractivity contribution is -0.385. The largest absolute Gasteiger partial charge is 0.319 e. The summed E-state index contributed by atoms with van der Waals surface area (Å²) in [6, 6.07) is 6.14. The number of nitro groups is 1. The van der Waals surface area contributed by atoms with Crippen molar-refractivity contribution in [3.8, 4) is 0 Å². The number of anilines is 1. The molecule has 1 amide bonds. The number of carbonyl (C=O) groups excluding carboxylic acids is 1. The number of hydrogen-bond acceptors (Lipinski definition) is 5. The fraction of sp³-hybridized carbons (Fsp3) is 0.188. The van der Waals surface area contributed by atoms with E-state index in [1.807, 2.05) is 0 Å². The second kappa shape index (κ2) is 6.75. The van der Waals surface area contributed by atoms with Gasteiger partial charge in [0.25, 0.3) is 5.91 Å². The van der Waals surface area contributed by atoms with Crippen LogP contribution in [0.25, 0.3) is 0 Å². The predicted molar refractivity (Wildman–Crippen MR) is 90.4 cm³/mol. The van der Waals surface area contributed by atoms with Gasteiger partial charge in [-0.15, -0.1) is 0 Å². The SMILES string of the molecule is Cc1nn(Cc2cccc(F)c2)c(C)c1NC(=O)c1[nH]ncc1[N+](=O)[O-]. The highest BCUT2D eigenvalue weighted by Gasteiger charge is 2.24. The first-order chi connectivity index (χ1) is 12.4. The number of nitrogens with one attached hydrogen (secondary N) is 2. The van der Waals surface area contributed by atoms with E-state index in [-0.39, 0.29) is 11.5 Å². The number of aryl methyl sites for hydroxylation is 1. The minimum atomic E-state index is -0.689. The van der Waals surface area contributed by atoms with Crippen molar-refractivity contribution in [1.29, 1.82) is 0 Å². The van der Waals surface area contributed by atoms with Crippen LogP contribution in [0.2, 0.25) is 0 Å². The molecule has 0 aliphatic heterocycles. The summed E-state index contributed by atoms with van der Waals surface area (Å²) in [4.78, 5) is 22.6. The summed E-state index contributed by atoms with van der Waals surface area (Å²) in [6.45, 7) is 3.77. The molecule has 3 aromatic rings. The van der Waals surface area contributed by atoms with Crippen molar-refractivity contribution in [2.24, 2.45) is 0 Å². The third-order valence-electron chi connectivity index (χ3n) is 3.88. The monoisotopic (exact) mass is 358 g/mol. The average molecular weight is 358 g/mol. The lowest BCUT2D eigenvalue weighted by atomic mass is 10.2. The van der Waals surface area contributed by atoms with E-state index in [0.29, 0.717) is 23.6 Å². The van der Waals surface area contributed by atoms with Crippen molar-refractivity contribution in [3.05, 3.63) is 69.0 Å². The van der Waals surface area contributed by atoms with Crippen molar-refractivity contribution in [3.63, 3.8) is 0 Å². The van der Waals surface area contributed by atoms with Crippen LogP contribution in [0.1, 0.15) is 27.4 Å². The van der Waals surface area contributed by atoms with Crippen molar-refractivity contribution in [2.45, 2.75) is 20.4 Å². The van der Waals surface area contributed by atoms with Crippen LogP contribution in [-0.4, -0.2) is 30.8 Å². The molecular weight excluding hydrogens is 343 g/mol. The number of aromatic nitrogens is 4. The van der Waals surface area contributed by atoms with Gasteiger partial charge in [0.15, 0.2) is 0 Å². The van der Waals surface area contributed by atoms with Crippen LogP contribution in [0.5, 0.6) is 0 Å². The number of nitrogens with zero attached hydrogens (tertiary/aromatic N) is 4. The number of H-pyrrole nitrogens is 1. The average Bonchev–Trinajstić information content (AvgIpc) is 3.16. The minimum Gasteiger partial charge on any atom is -0.317 e. The summed E-state index contributed by atoms with van der Waals surface area (Å²) in [7, 11) is 0. The van der Waals surface area contributed by atoms with Crippen LogP contribution in [0.15, 0.2) is 30.5 Å². The third kappa shape index (κ3) is 3.29. The highest BCUT2D eigenvalue weighted by molar-refractivity contribution is 6.06. The first-order valence-electron chi connectivity index (χ1n) is 7.64. The maximum Gasteiger partial charge on any atom is 0.319 e. The Labute approximate surface area is 147 Å². The molecule has 1 aromatic carbocycles. The molecule has 2 N–H and O–H groups in total. The van der Waals surface area contributed by atoms with Crippen LogP contribution in [-0.2, 0) is 6.54 Å². The highest BCUT2D eigenvalue weighted by atomic mass is 19.1. The Hall–Kier alpha value is -3.56. The Balaban J connectivity index is 1.85. The van der Waals surface area contributed by atoms with Gasteiger partial charge in [0, 0.05) is 0 Å².